The first-order chi connectivity index (χ1) is 14.1. The van der Waals surface area contributed by atoms with Crippen LogP contribution in [0.3, 0.4) is 0 Å². The van der Waals surface area contributed by atoms with E-state index in [-0.39, 0.29) is 5.43 Å². The molecule has 0 aliphatic heterocycles. The maximum atomic E-state index is 12.6. The summed E-state index contributed by atoms with van der Waals surface area (Å²) in [6, 6.07) is 21.2. The summed E-state index contributed by atoms with van der Waals surface area (Å²) in [5.41, 5.74) is 5.55. The van der Waals surface area contributed by atoms with E-state index < -0.39 is 0 Å². The van der Waals surface area contributed by atoms with Crippen LogP contribution in [0, 0.1) is 6.92 Å². The summed E-state index contributed by atoms with van der Waals surface area (Å²) < 4.78 is 0. The van der Waals surface area contributed by atoms with Crippen molar-refractivity contribution in [2.45, 2.75) is 6.92 Å². The highest BCUT2D eigenvalue weighted by Gasteiger charge is 2.15. The van der Waals surface area contributed by atoms with Crippen LogP contribution in [0.2, 0.25) is 5.02 Å². The highest BCUT2D eigenvalue weighted by atomic mass is 35.5. The number of fused-ring (bicyclic) bond motifs is 2. The second-order valence-corrected chi connectivity index (χ2v) is 7.40. The quantitative estimate of drug-likeness (QED) is 0.411. The van der Waals surface area contributed by atoms with Crippen molar-refractivity contribution < 1.29 is 0 Å². The fourth-order valence-corrected chi connectivity index (χ4v) is 3.91. The summed E-state index contributed by atoms with van der Waals surface area (Å²) in [5.74, 6) is 0. The summed E-state index contributed by atoms with van der Waals surface area (Å²) in [4.78, 5) is 25.0. The van der Waals surface area contributed by atoms with E-state index in [0.717, 1.165) is 39.0 Å². The first kappa shape index (κ1) is 17.6. The van der Waals surface area contributed by atoms with Crippen LogP contribution in [0.15, 0.2) is 77.7 Å². The monoisotopic (exact) mass is 397 g/mol. The summed E-state index contributed by atoms with van der Waals surface area (Å²) in [6.07, 6.45) is 1.72. The third kappa shape index (κ3) is 3.08. The van der Waals surface area contributed by atoms with E-state index in [2.05, 4.69) is 9.97 Å². The van der Waals surface area contributed by atoms with E-state index in [0.29, 0.717) is 16.1 Å². The lowest BCUT2D eigenvalue weighted by Gasteiger charge is -2.13. The molecule has 140 valence electrons. The molecule has 0 bridgehead atoms. The lowest BCUT2D eigenvalue weighted by atomic mass is 9.96. The fraction of sp³-hybridized carbons (Fsp3) is 0.0417. The molecule has 0 spiro atoms. The van der Waals surface area contributed by atoms with Crippen molar-refractivity contribution in [2.24, 2.45) is 0 Å². The Bertz CT molecular complexity index is 1440. The SMILES string of the molecule is Cc1cc(=O)c2cc(-c3cc(Cl)c4ncccc4c3)c(-c3ccccc3)nc2[nH]1. The average molecular weight is 398 g/mol. The smallest absolute Gasteiger partial charge is 0.191 e. The van der Waals surface area contributed by atoms with Crippen LogP contribution in [0.4, 0.5) is 0 Å². The van der Waals surface area contributed by atoms with Crippen LogP contribution in [0.5, 0.6) is 0 Å². The Labute approximate surface area is 171 Å². The number of H-pyrrole nitrogens is 1. The van der Waals surface area contributed by atoms with Crippen molar-refractivity contribution in [1.29, 1.82) is 0 Å². The van der Waals surface area contributed by atoms with Gasteiger partial charge in [0.2, 0.25) is 0 Å². The summed E-state index contributed by atoms with van der Waals surface area (Å²) in [6.45, 7) is 1.86. The van der Waals surface area contributed by atoms with Gasteiger partial charge in [0.1, 0.15) is 5.65 Å². The number of pyridine rings is 3. The number of hydrogen-bond donors (Lipinski definition) is 1. The molecule has 0 atom stereocenters. The van der Waals surface area contributed by atoms with Crippen LogP contribution in [0.25, 0.3) is 44.3 Å². The van der Waals surface area contributed by atoms with Crippen molar-refractivity contribution in [3.05, 3.63) is 93.9 Å². The van der Waals surface area contributed by atoms with Crippen molar-refractivity contribution >= 4 is 33.5 Å². The van der Waals surface area contributed by atoms with Gasteiger partial charge in [0.05, 0.1) is 21.6 Å². The number of benzene rings is 2. The Balaban J connectivity index is 1.88. The molecule has 0 aliphatic rings. The average Bonchev–Trinajstić information content (AvgIpc) is 2.73. The molecule has 0 fully saturated rings. The van der Waals surface area contributed by atoms with Crippen LogP contribution in [-0.4, -0.2) is 15.0 Å². The molecule has 5 rings (SSSR count). The molecule has 0 saturated heterocycles. The maximum Gasteiger partial charge on any atom is 0.191 e. The number of halogens is 1. The summed E-state index contributed by atoms with van der Waals surface area (Å²) in [7, 11) is 0. The zero-order chi connectivity index (χ0) is 20.0. The van der Waals surface area contributed by atoms with Gasteiger partial charge in [-0.15, -0.1) is 0 Å². The topological polar surface area (TPSA) is 58.6 Å². The number of aryl methyl sites for hydroxylation is 1. The molecule has 5 heteroatoms. The fourth-order valence-electron chi connectivity index (χ4n) is 3.63. The molecule has 0 saturated carbocycles. The standard InChI is InChI=1S/C24H16ClN3O/c1-14-10-21(29)19-13-18(17-11-16-8-5-9-26-23(16)20(25)12-17)22(28-24(19)27-14)15-6-3-2-4-7-15/h2-13H,1H3,(H,27,28,29). The molecule has 0 amide bonds. The number of rotatable bonds is 2. The third-order valence-corrected chi connectivity index (χ3v) is 5.26. The van der Waals surface area contributed by atoms with E-state index >= 15 is 0 Å². The van der Waals surface area contributed by atoms with Crippen LogP contribution in [-0.2, 0) is 0 Å². The molecule has 2 aromatic carbocycles. The highest BCUT2D eigenvalue weighted by molar-refractivity contribution is 6.35. The Morgan fingerprint density at radius 2 is 1.76 bits per heavy atom. The van der Waals surface area contributed by atoms with Gasteiger partial charge in [-0.1, -0.05) is 48.0 Å². The van der Waals surface area contributed by atoms with E-state index in [1.54, 1.807) is 12.3 Å². The van der Waals surface area contributed by atoms with Gasteiger partial charge in [-0.05, 0) is 36.8 Å². The number of aromatic amines is 1. The number of nitrogens with one attached hydrogen (secondary N) is 1. The normalized spacial score (nSPS) is 11.2. The van der Waals surface area contributed by atoms with Gasteiger partial charge in [-0.3, -0.25) is 9.78 Å². The summed E-state index contributed by atoms with van der Waals surface area (Å²) >= 11 is 6.53. The second-order valence-electron chi connectivity index (χ2n) is 7.00. The first-order valence-electron chi connectivity index (χ1n) is 9.25. The van der Waals surface area contributed by atoms with Crippen LogP contribution < -0.4 is 5.43 Å². The van der Waals surface area contributed by atoms with E-state index in [1.165, 1.54) is 0 Å². The Morgan fingerprint density at radius 1 is 0.931 bits per heavy atom. The Kier molecular flexibility index (Phi) is 4.14. The molecule has 5 aromatic rings. The van der Waals surface area contributed by atoms with Crippen molar-refractivity contribution in [1.82, 2.24) is 15.0 Å². The van der Waals surface area contributed by atoms with Gasteiger partial charge in [-0.25, -0.2) is 4.98 Å². The molecule has 0 unspecified atom stereocenters. The predicted octanol–water partition coefficient (Wildman–Crippen LogP) is 5.77. The lowest BCUT2D eigenvalue weighted by molar-refractivity contribution is 1.19. The Morgan fingerprint density at radius 3 is 2.59 bits per heavy atom. The second kappa shape index (κ2) is 6.83. The van der Waals surface area contributed by atoms with Crippen LogP contribution >= 0.6 is 11.6 Å². The first-order valence-corrected chi connectivity index (χ1v) is 9.63. The summed E-state index contributed by atoms with van der Waals surface area (Å²) in [5, 5.41) is 2.05. The molecule has 0 radical (unpaired) electrons. The molecule has 3 heterocycles. The van der Waals surface area contributed by atoms with Crippen molar-refractivity contribution in [2.75, 3.05) is 0 Å². The molecule has 4 nitrogen and oxygen atoms in total. The molecule has 29 heavy (non-hydrogen) atoms. The zero-order valence-corrected chi connectivity index (χ0v) is 16.4. The van der Waals surface area contributed by atoms with Gasteiger partial charge >= 0.3 is 0 Å². The lowest BCUT2D eigenvalue weighted by Crippen LogP contribution is -2.05. The molecular formula is C24H16ClN3O. The largest absolute Gasteiger partial charge is 0.343 e. The Hall–Kier alpha value is -3.50. The van der Waals surface area contributed by atoms with Gasteiger partial charge in [0.15, 0.2) is 5.43 Å². The van der Waals surface area contributed by atoms with Crippen molar-refractivity contribution in [3.63, 3.8) is 0 Å². The number of hydrogen-bond acceptors (Lipinski definition) is 3. The minimum atomic E-state index is -0.0573. The number of nitrogens with zero attached hydrogens (tertiary/aromatic N) is 2. The van der Waals surface area contributed by atoms with Gasteiger partial charge < -0.3 is 4.98 Å². The molecule has 3 aromatic heterocycles. The van der Waals surface area contributed by atoms with Crippen molar-refractivity contribution in [3.8, 4) is 22.4 Å². The minimum absolute atomic E-state index is 0.0573. The van der Waals surface area contributed by atoms with Crippen LogP contribution in [0.1, 0.15) is 5.69 Å². The number of aromatic nitrogens is 3. The van der Waals surface area contributed by atoms with Gasteiger partial charge in [0, 0.05) is 34.5 Å². The van der Waals surface area contributed by atoms with E-state index in [1.807, 2.05) is 67.6 Å². The molecule has 1 N–H and O–H groups in total. The molecular weight excluding hydrogens is 382 g/mol. The van der Waals surface area contributed by atoms with E-state index in [9.17, 15) is 4.79 Å². The predicted molar refractivity (Wildman–Crippen MR) is 118 cm³/mol. The zero-order valence-electron chi connectivity index (χ0n) is 15.6. The van der Waals surface area contributed by atoms with E-state index in [4.69, 9.17) is 16.6 Å². The highest BCUT2D eigenvalue weighted by Crippen LogP contribution is 2.36. The van der Waals surface area contributed by atoms with Gasteiger partial charge in [-0.2, -0.15) is 0 Å². The molecule has 0 aliphatic carbocycles. The van der Waals surface area contributed by atoms with Gasteiger partial charge in [0.25, 0.3) is 0 Å². The maximum absolute atomic E-state index is 12.6. The minimum Gasteiger partial charge on any atom is -0.343 e. The third-order valence-electron chi connectivity index (χ3n) is 4.97.